The summed E-state index contributed by atoms with van der Waals surface area (Å²) in [5.74, 6) is 2.11. The van der Waals surface area contributed by atoms with E-state index in [-0.39, 0.29) is 5.91 Å². The van der Waals surface area contributed by atoms with E-state index in [0.29, 0.717) is 48.7 Å². The normalized spacial score (nSPS) is 14.6. The molecule has 3 aromatic rings. The molecule has 0 atom stereocenters. The van der Waals surface area contributed by atoms with Crippen LogP contribution in [0.25, 0.3) is 6.08 Å². The van der Waals surface area contributed by atoms with Crippen molar-refractivity contribution in [3.8, 4) is 23.0 Å². The van der Waals surface area contributed by atoms with Crippen molar-refractivity contribution < 1.29 is 14.3 Å². The Balaban J connectivity index is 1.68. The fourth-order valence-corrected chi connectivity index (χ4v) is 3.72. The van der Waals surface area contributed by atoms with Gasteiger partial charge in [-0.05, 0) is 42.5 Å². The van der Waals surface area contributed by atoms with Gasteiger partial charge in [0.15, 0.2) is 0 Å². The highest BCUT2D eigenvalue weighted by Gasteiger charge is 2.22. The zero-order valence-electron chi connectivity index (χ0n) is 15.6. The number of benzene rings is 3. The van der Waals surface area contributed by atoms with Gasteiger partial charge in [-0.1, -0.05) is 59.2 Å². The first-order valence-corrected chi connectivity index (χ1v) is 10.1. The van der Waals surface area contributed by atoms with Crippen LogP contribution in [0.3, 0.4) is 0 Å². The van der Waals surface area contributed by atoms with E-state index in [0.717, 1.165) is 0 Å². The Morgan fingerprint density at radius 2 is 1.40 bits per heavy atom. The molecule has 0 unspecified atom stereocenters. The van der Waals surface area contributed by atoms with Gasteiger partial charge in [-0.2, -0.15) is 0 Å². The maximum absolute atomic E-state index is 12.1. The highest BCUT2D eigenvalue weighted by atomic mass is 32.2. The third kappa shape index (κ3) is 4.96. The first-order valence-electron chi connectivity index (χ1n) is 8.92. The summed E-state index contributed by atoms with van der Waals surface area (Å²) in [5.41, 5.74) is 2.00. The molecule has 1 aliphatic rings. The maximum Gasteiger partial charge on any atom is 0.263 e. The average Bonchev–Trinajstić information content (AvgIpc) is 3.04. The van der Waals surface area contributed by atoms with E-state index >= 15 is 0 Å². The van der Waals surface area contributed by atoms with E-state index < -0.39 is 0 Å². The lowest BCUT2D eigenvalue weighted by Crippen LogP contribution is -2.17. The molecule has 0 aliphatic carbocycles. The fourth-order valence-electron chi connectivity index (χ4n) is 2.68. The van der Waals surface area contributed by atoms with Crippen LogP contribution in [-0.4, -0.2) is 25.9 Å². The molecule has 4 radical (unpaired) electrons. The van der Waals surface area contributed by atoms with Crippen molar-refractivity contribution in [2.45, 2.75) is 0 Å². The van der Waals surface area contributed by atoms with Gasteiger partial charge in [0.05, 0.1) is 4.91 Å². The summed E-state index contributed by atoms with van der Waals surface area (Å²) >= 11 is 6.27. The van der Waals surface area contributed by atoms with E-state index in [2.05, 4.69) is 5.32 Å². The minimum atomic E-state index is -0.231. The quantitative estimate of drug-likeness (QED) is 0.386. The predicted molar refractivity (Wildman–Crippen MR) is 127 cm³/mol. The number of carbonyl (C=O) groups excluding carboxylic acids is 1. The van der Waals surface area contributed by atoms with E-state index in [1.165, 1.54) is 11.8 Å². The molecule has 1 saturated heterocycles. The summed E-state index contributed by atoms with van der Waals surface area (Å²) in [5, 5.41) is 2.61. The van der Waals surface area contributed by atoms with E-state index in [1.807, 2.05) is 6.07 Å². The van der Waals surface area contributed by atoms with Crippen molar-refractivity contribution in [3.63, 3.8) is 0 Å². The minimum Gasteiger partial charge on any atom is -0.457 e. The zero-order chi connectivity index (χ0) is 21.1. The first-order chi connectivity index (χ1) is 14.5. The zero-order valence-corrected chi connectivity index (χ0v) is 17.3. The van der Waals surface area contributed by atoms with Gasteiger partial charge in [-0.15, -0.1) is 0 Å². The lowest BCUT2D eigenvalue weighted by molar-refractivity contribution is -0.115. The van der Waals surface area contributed by atoms with E-state index in [9.17, 15) is 4.79 Å². The summed E-state index contributed by atoms with van der Waals surface area (Å²) < 4.78 is 12.4. The van der Waals surface area contributed by atoms with Gasteiger partial charge in [0.25, 0.3) is 5.91 Å². The second-order valence-corrected chi connectivity index (χ2v) is 8.11. The summed E-state index contributed by atoms with van der Waals surface area (Å²) in [6.45, 7) is 0. The molecule has 4 nitrogen and oxygen atoms in total. The fraction of sp³-hybridized carbons (Fsp3) is 0. The van der Waals surface area contributed by atoms with Gasteiger partial charge in [-0.25, -0.2) is 0 Å². The Bertz CT molecular complexity index is 1150. The Labute approximate surface area is 186 Å². The van der Waals surface area contributed by atoms with Gasteiger partial charge in [-0.3, -0.25) is 4.79 Å². The summed E-state index contributed by atoms with van der Waals surface area (Å²) in [6.07, 6.45) is 1.74. The highest BCUT2D eigenvalue weighted by molar-refractivity contribution is 8.26. The van der Waals surface area contributed by atoms with Crippen LogP contribution in [0.1, 0.15) is 5.56 Å². The number of thiocarbonyl (C=S) groups is 1. The van der Waals surface area contributed by atoms with Crippen molar-refractivity contribution in [1.82, 2.24) is 5.32 Å². The largest absolute Gasteiger partial charge is 0.457 e. The molecule has 142 valence electrons. The molecule has 0 aromatic heterocycles. The lowest BCUT2D eigenvalue weighted by atomic mass is 9.97. The molecule has 3 aromatic carbocycles. The smallest absolute Gasteiger partial charge is 0.263 e. The molecule has 0 bridgehead atoms. The molecule has 1 aliphatic heterocycles. The van der Waals surface area contributed by atoms with Crippen LogP contribution < -0.4 is 25.7 Å². The van der Waals surface area contributed by atoms with Crippen molar-refractivity contribution >= 4 is 66.9 Å². The molecule has 0 spiro atoms. The molecule has 4 rings (SSSR count). The second-order valence-electron chi connectivity index (χ2n) is 6.39. The lowest BCUT2D eigenvalue weighted by Gasteiger charge is -2.13. The van der Waals surface area contributed by atoms with Crippen molar-refractivity contribution in [1.29, 1.82) is 0 Å². The maximum atomic E-state index is 12.1. The summed E-state index contributed by atoms with van der Waals surface area (Å²) in [6, 6.07) is 19.5. The molecule has 1 heterocycles. The topological polar surface area (TPSA) is 47.6 Å². The van der Waals surface area contributed by atoms with Crippen LogP contribution in [0.4, 0.5) is 0 Å². The SMILES string of the molecule is [B]c1ccc(Oc2ccc(/C=C3\SC(=S)NC3=O)c(Oc3ccc([B])cc3)c2)cc1. The number of hydrogen-bond donors (Lipinski definition) is 1. The number of hydrogen-bond acceptors (Lipinski definition) is 5. The standard InChI is InChI=1S/C22H13B2NO3S2/c23-14-2-7-16(8-3-14)27-18-6-1-13(11-20-21(26)25-22(29)30-20)19(12-18)28-17-9-4-15(24)5-10-17/h1-12H,(H,25,26,29)/b20-11-. The Kier molecular flexibility index (Phi) is 5.97. The van der Waals surface area contributed by atoms with Gasteiger partial charge in [0.2, 0.25) is 0 Å². The van der Waals surface area contributed by atoms with Crippen LogP contribution in [0.15, 0.2) is 71.6 Å². The van der Waals surface area contributed by atoms with Crippen LogP contribution in [0.5, 0.6) is 23.0 Å². The molecule has 1 fully saturated rings. The monoisotopic (exact) mass is 425 g/mol. The first kappa shape index (κ1) is 20.3. The Morgan fingerprint density at radius 3 is 1.97 bits per heavy atom. The Morgan fingerprint density at radius 1 is 0.833 bits per heavy atom. The number of thioether (sulfide) groups is 1. The van der Waals surface area contributed by atoms with Crippen LogP contribution in [-0.2, 0) is 4.79 Å². The number of rotatable bonds is 5. The molecule has 8 heteroatoms. The van der Waals surface area contributed by atoms with Gasteiger partial charge >= 0.3 is 0 Å². The number of nitrogens with one attached hydrogen (secondary N) is 1. The van der Waals surface area contributed by atoms with Crippen molar-refractivity contribution in [2.24, 2.45) is 0 Å². The Hall–Kier alpha value is -2.96. The van der Waals surface area contributed by atoms with Crippen LogP contribution in [0.2, 0.25) is 0 Å². The van der Waals surface area contributed by atoms with E-state index in [1.54, 1.807) is 66.7 Å². The molecular formula is C22H13B2NO3S2. The van der Waals surface area contributed by atoms with Gasteiger partial charge in [0, 0.05) is 11.6 Å². The third-order valence-corrected chi connectivity index (χ3v) is 5.30. The highest BCUT2D eigenvalue weighted by Crippen LogP contribution is 2.35. The van der Waals surface area contributed by atoms with Gasteiger partial charge < -0.3 is 14.8 Å². The predicted octanol–water partition coefficient (Wildman–Crippen LogP) is 3.35. The number of ether oxygens (including phenoxy) is 2. The molecular weight excluding hydrogens is 412 g/mol. The average molecular weight is 425 g/mol. The van der Waals surface area contributed by atoms with Crippen molar-refractivity contribution in [2.75, 3.05) is 0 Å². The molecule has 1 N–H and O–H groups in total. The minimum absolute atomic E-state index is 0.231. The van der Waals surface area contributed by atoms with Crippen LogP contribution >= 0.6 is 24.0 Å². The molecule has 1 amide bonds. The summed E-state index contributed by atoms with van der Waals surface area (Å²) in [7, 11) is 11.5. The van der Waals surface area contributed by atoms with Crippen LogP contribution in [0, 0.1) is 0 Å². The van der Waals surface area contributed by atoms with E-state index in [4.69, 9.17) is 37.4 Å². The summed E-state index contributed by atoms with van der Waals surface area (Å²) in [4.78, 5) is 12.5. The number of carbonyl (C=O) groups is 1. The van der Waals surface area contributed by atoms with Gasteiger partial charge in [0.1, 0.15) is 43.0 Å². The molecule has 0 saturated carbocycles. The van der Waals surface area contributed by atoms with Crippen molar-refractivity contribution in [3.05, 3.63) is 77.2 Å². The second kappa shape index (κ2) is 8.81. The number of amides is 1. The third-order valence-electron chi connectivity index (χ3n) is 4.14. The molecule has 30 heavy (non-hydrogen) atoms.